The number of rotatable bonds is 8. The van der Waals surface area contributed by atoms with Crippen LogP contribution in [-0.2, 0) is 14.3 Å². The largest absolute Gasteiger partial charge is 0.493 e. The first-order valence-corrected chi connectivity index (χ1v) is 10.7. The number of piperidine rings is 1. The molecule has 0 aliphatic carbocycles. The van der Waals surface area contributed by atoms with Crippen LogP contribution in [0.3, 0.4) is 0 Å². The van der Waals surface area contributed by atoms with E-state index in [2.05, 4.69) is 5.32 Å². The van der Waals surface area contributed by atoms with Crippen molar-refractivity contribution in [1.82, 2.24) is 10.2 Å². The number of carbonyl (C=O) groups is 2. The van der Waals surface area contributed by atoms with E-state index in [0.29, 0.717) is 32.6 Å². The fraction of sp³-hybridized carbons (Fsp3) is 0.652. The number of benzene rings is 1. The van der Waals surface area contributed by atoms with Crippen LogP contribution in [0.4, 0.5) is 4.79 Å². The molecule has 1 saturated heterocycles. The van der Waals surface area contributed by atoms with Gasteiger partial charge in [-0.05, 0) is 58.6 Å². The second kappa shape index (κ2) is 11.2. The summed E-state index contributed by atoms with van der Waals surface area (Å²) in [7, 11) is 1.61. The van der Waals surface area contributed by atoms with Crippen LogP contribution in [0.5, 0.6) is 5.75 Å². The maximum absolute atomic E-state index is 12.9. The van der Waals surface area contributed by atoms with E-state index >= 15 is 0 Å². The number of nitrogens with one attached hydrogen (secondary N) is 1. The summed E-state index contributed by atoms with van der Waals surface area (Å²) in [6, 6.07) is 7.44. The molecule has 0 saturated carbocycles. The van der Waals surface area contributed by atoms with E-state index < -0.39 is 11.7 Å². The Hall–Kier alpha value is -2.28. The van der Waals surface area contributed by atoms with E-state index in [-0.39, 0.29) is 18.0 Å². The number of methoxy groups -OCH3 is 1. The Morgan fingerprint density at radius 1 is 1.23 bits per heavy atom. The normalized spacial score (nSPS) is 19.3. The van der Waals surface area contributed by atoms with Crippen molar-refractivity contribution in [2.45, 2.75) is 71.1 Å². The number of hydrogen-bond acceptors (Lipinski definition) is 5. The fourth-order valence-corrected chi connectivity index (χ4v) is 3.64. The van der Waals surface area contributed by atoms with E-state index in [1.165, 1.54) is 0 Å². The third-order valence-corrected chi connectivity index (χ3v) is 5.02. The van der Waals surface area contributed by atoms with E-state index in [0.717, 1.165) is 24.2 Å². The smallest absolute Gasteiger partial charge is 0.407 e. The van der Waals surface area contributed by atoms with Crippen LogP contribution in [0.2, 0.25) is 0 Å². The van der Waals surface area contributed by atoms with Gasteiger partial charge in [-0.25, -0.2) is 4.79 Å². The minimum Gasteiger partial charge on any atom is -0.493 e. The Bertz CT molecular complexity index is 701. The summed E-state index contributed by atoms with van der Waals surface area (Å²) in [4.78, 5) is 27.0. The first kappa shape index (κ1) is 24.0. The highest BCUT2D eigenvalue weighted by Gasteiger charge is 2.35. The van der Waals surface area contributed by atoms with Gasteiger partial charge in [-0.2, -0.15) is 0 Å². The lowest BCUT2D eigenvalue weighted by molar-refractivity contribution is -0.137. The van der Waals surface area contributed by atoms with Gasteiger partial charge in [-0.1, -0.05) is 18.2 Å². The van der Waals surface area contributed by atoms with E-state index in [9.17, 15) is 9.59 Å². The summed E-state index contributed by atoms with van der Waals surface area (Å²) in [6.07, 6.45) is 2.17. The topological polar surface area (TPSA) is 77.1 Å². The van der Waals surface area contributed by atoms with Crippen molar-refractivity contribution in [3.8, 4) is 5.75 Å². The zero-order valence-electron chi connectivity index (χ0n) is 18.9. The molecule has 1 aromatic rings. The van der Waals surface area contributed by atoms with Crippen molar-refractivity contribution in [3.05, 3.63) is 29.8 Å². The zero-order chi connectivity index (χ0) is 22.1. The van der Waals surface area contributed by atoms with Crippen LogP contribution in [0.15, 0.2) is 24.3 Å². The molecule has 2 atom stereocenters. The summed E-state index contributed by atoms with van der Waals surface area (Å²) in [5.41, 5.74) is 0.512. The second-order valence-electron chi connectivity index (χ2n) is 8.72. The van der Waals surface area contributed by atoms with Gasteiger partial charge in [0.25, 0.3) is 0 Å². The van der Waals surface area contributed by atoms with Crippen LogP contribution in [0.1, 0.15) is 52.0 Å². The zero-order valence-corrected chi connectivity index (χ0v) is 18.9. The number of likely N-dealkylation sites (tertiary alicyclic amines) is 1. The maximum atomic E-state index is 12.9. The molecule has 1 fully saturated rings. The number of carbonyl (C=O) groups excluding carboxylic acids is 2. The molecule has 2 rings (SSSR count). The number of hydrogen-bond donors (Lipinski definition) is 1. The van der Waals surface area contributed by atoms with Crippen LogP contribution in [0, 0.1) is 6.92 Å². The number of para-hydroxylation sites is 1. The molecule has 0 aromatic heterocycles. The minimum absolute atomic E-state index is 0.0566. The molecule has 7 heteroatoms. The number of nitrogens with zero attached hydrogens (tertiary/aromatic N) is 1. The number of ether oxygens (including phenoxy) is 3. The average Bonchev–Trinajstić information content (AvgIpc) is 2.66. The van der Waals surface area contributed by atoms with Gasteiger partial charge in [0, 0.05) is 20.1 Å². The van der Waals surface area contributed by atoms with Crippen LogP contribution in [0.25, 0.3) is 0 Å². The summed E-state index contributed by atoms with van der Waals surface area (Å²) >= 11 is 0. The first-order valence-electron chi connectivity index (χ1n) is 10.7. The number of aryl methyl sites for hydroxylation is 1. The SMILES string of the molecule is COC[C@H]1[C@@H](NC(=O)OC(C)(C)C)CCCN1C(=O)CCCOc1ccccc1C. The van der Waals surface area contributed by atoms with E-state index in [1.807, 2.05) is 56.9 Å². The second-order valence-corrected chi connectivity index (χ2v) is 8.72. The standard InChI is InChI=1S/C23H36N2O5/c1-17-10-6-7-12-20(17)29-15-9-13-21(26)25-14-8-11-18(19(25)16-28-5)24-22(27)30-23(2,3)4/h6-7,10,12,18-19H,8-9,11,13-16H2,1-5H3,(H,24,27)/t18-,19-/m0/s1. The predicted molar refractivity (Wildman–Crippen MR) is 116 cm³/mol. The molecule has 0 spiro atoms. The molecule has 168 valence electrons. The molecular weight excluding hydrogens is 384 g/mol. The molecule has 7 nitrogen and oxygen atoms in total. The van der Waals surface area contributed by atoms with Crippen molar-refractivity contribution < 1.29 is 23.8 Å². The van der Waals surface area contributed by atoms with Crippen molar-refractivity contribution in [1.29, 1.82) is 0 Å². The van der Waals surface area contributed by atoms with Gasteiger partial charge in [0.1, 0.15) is 11.4 Å². The molecule has 0 unspecified atom stereocenters. The van der Waals surface area contributed by atoms with E-state index in [4.69, 9.17) is 14.2 Å². The van der Waals surface area contributed by atoms with Gasteiger partial charge in [0.15, 0.2) is 0 Å². The third-order valence-electron chi connectivity index (χ3n) is 5.02. The molecule has 1 N–H and O–H groups in total. The minimum atomic E-state index is -0.567. The number of alkyl carbamates (subject to hydrolysis) is 1. The van der Waals surface area contributed by atoms with Gasteiger partial charge in [0.2, 0.25) is 5.91 Å². The monoisotopic (exact) mass is 420 g/mol. The lowest BCUT2D eigenvalue weighted by Crippen LogP contribution is -2.59. The Balaban J connectivity index is 1.89. The fourth-order valence-electron chi connectivity index (χ4n) is 3.64. The predicted octanol–water partition coefficient (Wildman–Crippen LogP) is 3.68. The van der Waals surface area contributed by atoms with Crippen molar-refractivity contribution in [2.24, 2.45) is 0 Å². The Kier molecular flexibility index (Phi) is 8.96. The lowest BCUT2D eigenvalue weighted by Gasteiger charge is -2.41. The molecule has 0 bridgehead atoms. The highest BCUT2D eigenvalue weighted by Crippen LogP contribution is 2.21. The quantitative estimate of drug-likeness (QED) is 0.649. The maximum Gasteiger partial charge on any atom is 0.407 e. The van der Waals surface area contributed by atoms with Crippen LogP contribution < -0.4 is 10.1 Å². The number of amides is 2. The van der Waals surface area contributed by atoms with Crippen molar-refractivity contribution in [3.63, 3.8) is 0 Å². The Morgan fingerprint density at radius 2 is 1.97 bits per heavy atom. The van der Waals surface area contributed by atoms with Gasteiger partial charge in [-0.3, -0.25) is 4.79 Å². The first-order chi connectivity index (χ1) is 14.2. The van der Waals surface area contributed by atoms with Crippen LogP contribution >= 0.6 is 0 Å². The Labute approximate surface area is 180 Å². The average molecular weight is 421 g/mol. The van der Waals surface area contributed by atoms with Crippen molar-refractivity contribution >= 4 is 12.0 Å². The van der Waals surface area contributed by atoms with Gasteiger partial charge < -0.3 is 24.4 Å². The molecule has 2 amide bonds. The van der Waals surface area contributed by atoms with Crippen molar-refractivity contribution in [2.75, 3.05) is 26.9 Å². The van der Waals surface area contributed by atoms with E-state index in [1.54, 1.807) is 7.11 Å². The third kappa shape index (κ3) is 7.52. The molecular formula is C23H36N2O5. The highest BCUT2D eigenvalue weighted by molar-refractivity contribution is 5.77. The highest BCUT2D eigenvalue weighted by atomic mass is 16.6. The lowest BCUT2D eigenvalue weighted by atomic mass is 9.96. The Morgan fingerprint density at radius 3 is 2.63 bits per heavy atom. The van der Waals surface area contributed by atoms with Crippen LogP contribution in [-0.4, -0.2) is 61.5 Å². The van der Waals surface area contributed by atoms with Gasteiger partial charge in [0.05, 0.1) is 25.3 Å². The molecule has 1 aliphatic rings. The molecule has 0 radical (unpaired) electrons. The molecule has 1 aromatic carbocycles. The molecule has 1 aliphatic heterocycles. The van der Waals surface area contributed by atoms with Gasteiger partial charge >= 0.3 is 6.09 Å². The summed E-state index contributed by atoms with van der Waals surface area (Å²) < 4.78 is 16.5. The molecule has 30 heavy (non-hydrogen) atoms. The summed E-state index contributed by atoms with van der Waals surface area (Å²) in [5, 5.41) is 2.93. The summed E-state index contributed by atoms with van der Waals surface area (Å²) in [5.74, 6) is 0.905. The summed E-state index contributed by atoms with van der Waals surface area (Å²) in [6.45, 7) is 9.00. The van der Waals surface area contributed by atoms with Gasteiger partial charge in [-0.15, -0.1) is 0 Å². The molecule has 1 heterocycles.